The summed E-state index contributed by atoms with van der Waals surface area (Å²) in [7, 11) is 2.75. The Morgan fingerprint density at radius 3 is 2.52 bits per heavy atom. The summed E-state index contributed by atoms with van der Waals surface area (Å²) in [6, 6.07) is 8.41. The van der Waals surface area contributed by atoms with E-state index in [2.05, 4.69) is 4.74 Å². The molecule has 0 radical (unpaired) electrons. The molecule has 2 aromatic carbocycles. The van der Waals surface area contributed by atoms with Crippen molar-refractivity contribution in [3.8, 4) is 17.2 Å². The number of carbonyl (C=O) groups is 1. The van der Waals surface area contributed by atoms with Crippen molar-refractivity contribution in [3.05, 3.63) is 52.8 Å². The predicted octanol–water partition coefficient (Wildman–Crippen LogP) is 5.00. The molecule has 0 spiro atoms. The van der Waals surface area contributed by atoms with Gasteiger partial charge in [-0.1, -0.05) is 13.0 Å². The van der Waals surface area contributed by atoms with Crippen LogP contribution in [0, 0.1) is 5.82 Å². The molecule has 0 saturated heterocycles. The van der Waals surface area contributed by atoms with Gasteiger partial charge in [-0.25, -0.2) is 9.18 Å². The lowest BCUT2D eigenvalue weighted by Gasteiger charge is -2.17. The van der Waals surface area contributed by atoms with E-state index < -0.39 is 6.16 Å². The first-order chi connectivity index (χ1) is 13.1. The third kappa shape index (κ3) is 4.32. The van der Waals surface area contributed by atoms with Crippen LogP contribution in [-0.2, 0) is 17.8 Å². The van der Waals surface area contributed by atoms with Crippen LogP contribution in [0.5, 0.6) is 17.2 Å². The summed E-state index contributed by atoms with van der Waals surface area (Å²) >= 11 is 0. The average Bonchev–Trinajstić information content (AvgIpc) is 3.51. The van der Waals surface area contributed by atoms with Crippen molar-refractivity contribution in [1.82, 2.24) is 0 Å². The van der Waals surface area contributed by atoms with E-state index in [1.54, 1.807) is 18.2 Å². The van der Waals surface area contributed by atoms with Gasteiger partial charge in [-0.15, -0.1) is 0 Å². The highest BCUT2D eigenvalue weighted by Gasteiger charge is 2.28. The number of hydrogen-bond acceptors (Lipinski definition) is 5. The summed E-state index contributed by atoms with van der Waals surface area (Å²) in [6.45, 7) is 2.00. The highest BCUT2D eigenvalue weighted by atomic mass is 19.1. The van der Waals surface area contributed by atoms with Gasteiger partial charge in [0.1, 0.15) is 29.7 Å². The summed E-state index contributed by atoms with van der Waals surface area (Å²) in [5.74, 6) is 1.44. The first kappa shape index (κ1) is 19.0. The average molecular weight is 374 g/mol. The van der Waals surface area contributed by atoms with Crippen LogP contribution in [0.25, 0.3) is 0 Å². The maximum absolute atomic E-state index is 14.3. The molecule has 0 unspecified atom stereocenters. The standard InChI is InChI=1S/C21H23FO5/c1-4-13-10-15(14-8-9-14)20(11-17(13)22)26-12-16-18(24-2)6-5-7-19(16)27-21(23)25-3/h5-7,10-11,14H,4,8-9,12H2,1-3H3. The lowest BCUT2D eigenvalue weighted by atomic mass is 10.0. The van der Waals surface area contributed by atoms with Crippen molar-refractivity contribution in [2.45, 2.75) is 38.7 Å². The summed E-state index contributed by atoms with van der Waals surface area (Å²) in [4.78, 5) is 11.5. The zero-order valence-corrected chi connectivity index (χ0v) is 15.7. The van der Waals surface area contributed by atoms with E-state index in [1.165, 1.54) is 20.3 Å². The molecule has 0 aromatic heterocycles. The lowest BCUT2D eigenvalue weighted by molar-refractivity contribution is 0.120. The Balaban J connectivity index is 1.88. The Morgan fingerprint density at radius 2 is 1.89 bits per heavy atom. The predicted molar refractivity (Wildman–Crippen MR) is 98.1 cm³/mol. The van der Waals surface area contributed by atoms with Crippen molar-refractivity contribution in [1.29, 1.82) is 0 Å². The number of ether oxygens (including phenoxy) is 4. The maximum Gasteiger partial charge on any atom is 0.513 e. The summed E-state index contributed by atoms with van der Waals surface area (Å²) in [5, 5.41) is 0. The Hall–Kier alpha value is -2.76. The monoisotopic (exact) mass is 374 g/mol. The van der Waals surface area contributed by atoms with E-state index in [0.717, 1.165) is 18.4 Å². The van der Waals surface area contributed by atoms with E-state index in [1.807, 2.05) is 13.0 Å². The molecule has 0 bridgehead atoms. The van der Waals surface area contributed by atoms with Gasteiger partial charge in [0.25, 0.3) is 0 Å². The first-order valence-corrected chi connectivity index (χ1v) is 8.94. The van der Waals surface area contributed by atoms with Crippen molar-refractivity contribution in [2.24, 2.45) is 0 Å². The molecule has 3 rings (SSSR count). The molecular weight excluding hydrogens is 351 g/mol. The van der Waals surface area contributed by atoms with Gasteiger partial charge in [-0.05, 0) is 54.5 Å². The zero-order valence-electron chi connectivity index (χ0n) is 15.7. The molecule has 1 saturated carbocycles. The van der Waals surface area contributed by atoms with Gasteiger partial charge < -0.3 is 18.9 Å². The molecule has 1 fully saturated rings. The van der Waals surface area contributed by atoms with Crippen LogP contribution >= 0.6 is 0 Å². The van der Waals surface area contributed by atoms with Gasteiger partial charge in [-0.3, -0.25) is 0 Å². The van der Waals surface area contributed by atoms with E-state index in [4.69, 9.17) is 14.2 Å². The van der Waals surface area contributed by atoms with Gasteiger partial charge in [0.15, 0.2) is 0 Å². The Morgan fingerprint density at radius 1 is 1.15 bits per heavy atom. The van der Waals surface area contributed by atoms with Gasteiger partial charge in [-0.2, -0.15) is 0 Å². The number of halogens is 1. The Bertz CT molecular complexity index is 830. The third-order valence-electron chi connectivity index (χ3n) is 4.62. The number of hydrogen-bond donors (Lipinski definition) is 0. The van der Waals surface area contributed by atoms with Crippen LogP contribution in [0.15, 0.2) is 30.3 Å². The number of rotatable bonds is 7. The molecule has 0 aliphatic heterocycles. The molecule has 1 aliphatic carbocycles. The summed E-state index contributed by atoms with van der Waals surface area (Å²) in [6.07, 6.45) is 1.96. The lowest BCUT2D eigenvalue weighted by Crippen LogP contribution is -2.11. The molecule has 0 N–H and O–H groups in total. The van der Waals surface area contributed by atoms with E-state index in [0.29, 0.717) is 35.0 Å². The molecule has 0 heterocycles. The normalized spacial score (nSPS) is 13.2. The number of methoxy groups -OCH3 is 2. The Labute approximate surface area is 158 Å². The van der Waals surface area contributed by atoms with Crippen LogP contribution in [0.4, 0.5) is 9.18 Å². The summed E-state index contributed by atoms with van der Waals surface area (Å²) < 4.78 is 35.3. The summed E-state index contributed by atoms with van der Waals surface area (Å²) in [5.41, 5.74) is 2.27. The SMILES string of the molecule is CCc1cc(C2CC2)c(OCc2c(OC)cccc2OC(=O)OC)cc1F. The second kappa shape index (κ2) is 8.29. The minimum atomic E-state index is -0.832. The van der Waals surface area contributed by atoms with Gasteiger partial charge in [0.2, 0.25) is 0 Å². The molecule has 0 amide bonds. The van der Waals surface area contributed by atoms with E-state index >= 15 is 0 Å². The molecule has 6 heteroatoms. The van der Waals surface area contributed by atoms with E-state index in [9.17, 15) is 9.18 Å². The van der Waals surface area contributed by atoms with E-state index in [-0.39, 0.29) is 18.2 Å². The number of benzene rings is 2. The Kier molecular flexibility index (Phi) is 5.84. The van der Waals surface area contributed by atoms with Crippen LogP contribution in [-0.4, -0.2) is 20.4 Å². The molecule has 27 heavy (non-hydrogen) atoms. The number of aryl methyl sites for hydroxylation is 1. The van der Waals surface area contributed by atoms with Crippen LogP contribution < -0.4 is 14.2 Å². The van der Waals surface area contributed by atoms with Gasteiger partial charge in [0, 0.05) is 6.07 Å². The third-order valence-corrected chi connectivity index (χ3v) is 4.62. The van der Waals surface area contributed by atoms with Crippen molar-refractivity contribution in [3.63, 3.8) is 0 Å². The minimum Gasteiger partial charge on any atom is -0.496 e. The van der Waals surface area contributed by atoms with Gasteiger partial charge in [0.05, 0.1) is 19.8 Å². The largest absolute Gasteiger partial charge is 0.513 e. The maximum atomic E-state index is 14.3. The first-order valence-electron chi connectivity index (χ1n) is 8.94. The molecule has 144 valence electrons. The zero-order chi connectivity index (χ0) is 19.4. The van der Waals surface area contributed by atoms with Crippen LogP contribution in [0.1, 0.15) is 42.4 Å². The minimum absolute atomic E-state index is 0.0704. The van der Waals surface area contributed by atoms with Crippen molar-refractivity contribution < 1.29 is 28.1 Å². The van der Waals surface area contributed by atoms with Crippen molar-refractivity contribution in [2.75, 3.05) is 14.2 Å². The highest BCUT2D eigenvalue weighted by molar-refractivity contribution is 5.65. The quantitative estimate of drug-likeness (QED) is 0.504. The second-order valence-electron chi connectivity index (χ2n) is 6.39. The fourth-order valence-corrected chi connectivity index (χ4v) is 2.98. The second-order valence-corrected chi connectivity index (χ2v) is 6.39. The highest BCUT2D eigenvalue weighted by Crippen LogP contribution is 2.45. The van der Waals surface area contributed by atoms with Crippen molar-refractivity contribution >= 4 is 6.16 Å². The molecule has 5 nitrogen and oxygen atoms in total. The molecular formula is C21H23FO5. The van der Waals surface area contributed by atoms with Crippen LogP contribution in [0.2, 0.25) is 0 Å². The van der Waals surface area contributed by atoms with Gasteiger partial charge >= 0.3 is 6.16 Å². The smallest absolute Gasteiger partial charge is 0.496 e. The fraction of sp³-hybridized carbons (Fsp3) is 0.381. The number of carbonyl (C=O) groups excluding carboxylic acids is 1. The molecule has 1 aliphatic rings. The van der Waals surface area contributed by atoms with Crippen LogP contribution in [0.3, 0.4) is 0 Å². The topological polar surface area (TPSA) is 54.0 Å². The fourth-order valence-electron chi connectivity index (χ4n) is 2.98. The molecule has 2 aromatic rings. The molecule has 0 atom stereocenters.